The number of amides is 2. The van der Waals surface area contributed by atoms with E-state index in [1.807, 2.05) is 0 Å². The average molecular weight is 499 g/mol. The van der Waals surface area contributed by atoms with Gasteiger partial charge in [0.2, 0.25) is 11.8 Å². The highest BCUT2D eigenvalue weighted by molar-refractivity contribution is 6.33. The maximum absolute atomic E-state index is 13.3. The van der Waals surface area contributed by atoms with Crippen molar-refractivity contribution < 1.29 is 22.8 Å². The van der Waals surface area contributed by atoms with Gasteiger partial charge < -0.3 is 15.1 Å². The Balaban J connectivity index is 1.16. The smallest absolute Gasteiger partial charge is 0.352 e. The number of hydrogen-bond acceptors (Lipinski definition) is 4. The summed E-state index contributed by atoms with van der Waals surface area (Å²) >= 11 is 6.07. The monoisotopic (exact) mass is 498 g/mol. The maximum atomic E-state index is 13.3. The molecule has 186 valence electrons. The number of pyridine rings is 1. The summed E-state index contributed by atoms with van der Waals surface area (Å²) in [6, 6.07) is 0.267. The third kappa shape index (κ3) is 4.36. The second kappa shape index (κ2) is 8.57. The van der Waals surface area contributed by atoms with Gasteiger partial charge in [0.25, 0.3) is 0 Å². The number of nitrogens with one attached hydrogen (secondary N) is 1. The Morgan fingerprint density at radius 2 is 1.65 bits per heavy atom. The molecule has 34 heavy (non-hydrogen) atoms. The summed E-state index contributed by atoms with van der Waals surface area (Å²) < 4.78 is 38.6. The van der Waals surface area contributed by atoms with Crippen molar-refractivity contribution in [1.82, 2.24) is 15.2 Å². The highest BCUT2D eigenvalue weighted by atomic mass is 35.5. The van der Waals surface area contributed by atoms with Gasteiger partial charge in [-0.3, -0.25) is 9.59 Å². The second-order valence-corrected chi connectivity index (χ2v) is 11.1. The van der Waals surface area contributed by atoms with Gasteiger partial charge in [-0.05, 0) is 69.3 Å². The zero-order valence-electron chi connectivity index (χ0n) is 19.2. The van der Waals surface area contributed by atoms with Gasteiger partial charge in [-0.15, -0.1) is 0 Å². The molecule has 2 amide bonds. The zero-order chi connectivity index (χ0) is 24.3. The van der Waals surface area contributed by atoms with Gasteiger partial charge in [0.1, 0.15) is 11.9 Å². The van der Waals surface area contributed by atoms with E-state index in [2.05, 4.69) is 10.3 Å². The van der Waals surface area contributed by atoms with Crippen molar-refractivity contribution in [3.8, 4) is 0 Å². The van der Waals surface area contributed by atoms with Gasteiger partial charge in [-0.25, -0.2) is 4.98 Å². The molecule has 5 aliphatic rings. The lowest BCUT2D eigenvalue weighted by molar-refractivity contribution is -0.149. The average Bonchev–Trinajstić information content (AvgIpc) is 2.77. The molecule has 0 aromatic carbocycles. The van der Waals surface area contributed by atoms with Crippen molar-refractivity contribution in [3.05, 3.63) is 22.8 Å². The lowest BCUT2D eigenvalue weighted by atomic mass is 9.49. The second-order valence-electron chi connectivity index (χ2n) is 10.7. The van der Waals surface area contributed by atoms with Crippen LogP contribution in [0.2, 0.25) is 5.02 Å². The number of anilines is 1. The Kier molecular flexibility index (Phi) is 5.97. The van der Waals surface area contributed by atoms with E-state index < -0.39 is 17.8 Å². The number of carbonyl (C=O) groups excluding carboxylic acids is 2. The molecule has 4 bridgehead atoms. The summed E-state index contributed by atoms with van der Waals surface area (Å²) in [4.78, 5) is 33.7. The van der Waals surface area contributed by atoms with E-state index in [-0.39, 0.29) is 28.1 Å². The topological polar surface area (TPSA) is 65.5 Å². The van der Waals surface area contributed by atoms with Crippen LogP contribution in [0.25, 0.3) is 0 Å². The van der Waals surface area contributed by atoms with E-state index in [1.165, 1.54) is 19.3 Å². The first-order valence-corrected chi connectivity index (χ1v) is 12.5. The minimum Gasteiger partial charge on any atom is -0.352 e. The Bertz CT molecular complexity index is 942. The number of hydrogen-bond donors (Lipinski definition) is 1. The lowest BCUT2D eigenvalue weighted by Crippen LogP contribution is -2.58. The summed E-state index contributed by atoms with van der Waals surface area (Å²) in [5.41, 5.74) is -1.19. The van der Waals surface area contributed by atoms with Crippen molar-refractivity contribution >= 4 is 29.2 Å². The number of piperazine rings is 1. The van der Waals surface area contributed by atoms with Crippen LogP contribution in [0.4, 0.5) is 19.0 Å². The molecule has 10 heteroatoms. The van der Waals surface area contributed by atoms with E-state index in [4.69, 9.17) is 11.6 Å². The highest BCUT2D eigenvalue weighted by Crippen LogP contribution is 2.60. The fourth-order valence-corrected chi connectivity index (χ4v) is 7.32. The van der Waals surface area contributed by atoms with Crippen LogP contribution >= 0.6 is 11.6 Å². The standard InChI is InChI=1S/C24H30ClF3N4O2/c1-14(30-22(34)23-10-15-6-16(11-23)8-17(7-15)12-23)21(33)32-4-2-31(3-5-32)20-19(25)9-18(13-29-20)24(26,27)28/h9,13-17H,2-8,10-12H2,1H3,(H,30,34)/t14-,15?,16?,17?,23?/m0/s1. The number of halogens is 4. The minimum atomic E-state index is -4.50. The molecule has 1 aliphatic heterocycles. The van der Waals surface area contributed by atoms with Crippen LogP contribution in [-0.2, 0) is 15.8 Å². The number of carbonyl (C=O) groups is 2. The molecule has 6 nitrogen and oxygen atoms in total. The normalized spacial score (nSPS) is 31.5. The molecule has 0 spiro atoms. The van der Waals surface area contributed by atoms with Crippen LogP contribution in [-0.4, -0.2) is 53.9 Å². The van der Waals surface area contributed by atoms with Crippen molar-refractivity contribution in [2.45, 2.75) is 57.7 Å². The largest absolute Gasteiger partial charge is 0.417 e. The maximum Gasteiger partial charge on any atom is 0.417 e. The van der Waals surface area contributed by atoms with E-state index in [0.717, 1.165) is 31.5 Å². The molecule has 0 radical (unpaired) electrons. The molecule has 5 fully saturated rings. The molecule has 1 aromatic heterocycles. The Morgan fingerprint density at radius 1 is 1.09 bits per heavy atom. The first-order chi connectivity index (χ1) is 16.0. The molecule has 1 aromatic rings. The Hall–Kier alpha value is -2.03. The van der Waals surface area contributed by atoms with Crippen LogP contribution in [0, 0.1) is 23.2 Å². The zero-order valence-corrected chi connectivity index (χ0v) is 20.0. The number of aromatic nitrogens is 1. The number of rotatable bonds is 4. The van der Waals surface area contributed by atoms with E-state index in [9.17, 15) is 22.8 Å². The summed E-state index contributed by atoms with van der Waals surface area (Å²) in [6.07, 6.45) is 2.88. The van der Waals surface area contributed by atoms with Crippen LogP contribution in [0.15, 0.2) is 12.3 Å². The van der Waals surface area contributed by atoms with Gasteiger partial charge in [-0.1, -0.05) is 11.6 Å². The van der Waals surface area contributed by atoms with Crippen molar-refractivity contribution in [2.24, 2.45) is 23.2 Å². The third-order valence-corrected chi connectivity index (χ3v) is 8.56. The van der Waals surface area contributed by atoms with Gasteiger partial charge >= 0.3 is 6.18 Å². The Labute approximate surface area is 202 Å². The van der Waals surface area contributed by atoms with Crippen LogP contribution in [0.1, 0.15) is 51.0 Å². The third-order valence-electron chi connectivity index (χ3n) is 8.28. The number of nitrogens with zero attached hydrogens (tertiary/aromatic N) is 3. The molecule has 1 atom stereocenters. The molecule has 1 saturated heterocycles. The number of alkyl halides is 3. The van der Waals surface area contributed by atoms with Crippen molar-refractivity contribution in [3.63, 3.8) is 0 Å². The van der Waals surface area contributed by atoms with Gasteiger partial charge in [0.15, 0.2) is 0 Å². The molecule has 1 N–H and O–H groups in total. The van der Waals surface area contributed by atoms with Gasteiger partial charge in [0.05, 0.1) is 10.6 Å². The van der Waals surface area contributed by atoms with Crippen LogP contribution < -0.4 is 10.2 Å². The Morgan fingerprint density at radius 3 is 2.15 bits per heavy atom. The predicted octanol–water partition coefficient (Wildman–Crippen LogP) is 4.12. The fraction of sp³-hybridized carbons (Fsp3) is 0.708. The molecular formula is C24H30ClF3N4O2. The molecule has 4 aliphatic carbocycles. The summed E-state index contributed by atoms with van der Waals surface area (Å²) in [5.74, 6) is 2.14. The van der Waals surface area contributed by atoms with Gasteiger partial charge in [-0.2, -0.15) is 13.2 Å². The molecule has 6 rings (SSSR count). The van der Waals surface area contributed by atoms with Crippen molar-refractivity contribution in [2.75, 3.05) is 31.1 Å². The van der Waals surface area contributed by atoms with Crippen LogP contribution in [0.5, 0.6) is 0 Å². The summed E-state index contributed by atoms with van der Waals surface area (Å²) in [5, 5.41) is 2.96. The van der Waals surface area contributed by atoms with Gasteiger partial charge in [0, 0.05) is 37.8 Å². The SMILES string of the molecule is C[C@H](NC(=O)C12CC3CC(CC(C3)C1)C2)C(=O)N1CCN(c2ncc(C(F)(F)F)cc2Cl)CC1. The fourth-order valence-electron chi connectivity index (χ4n) is 7.03. The lowest BCUT2D eigenvalue weighted by Gasteiger charge is -2.55. The van der Waals surface area contributed by atoms with Crippen LogP contribution in [0.3, 0.4) is 0 Å². The van der Waals surface area contributed by atoms with E-state index in [1.54, 1.807) is 16.7 Å². The quantitative estimate of drug-likeness (QED) is 0.678. The summed E-state index contributed by atoms with van der Waals surface area (Å²) in [7, 11) is 0. The van der Waals surface area contributed by atoms with E-state index >= 15 is 0 Å². The molecule has 4 saturated carbocycles. The molecule has 0 unspecified atom stereocenters. The predicted molar refractivity (Wildman–Crippen MR) is 121 cm³/mol. The first-order valence-electron chi connectivity index (χ1n) is 12.1. The van der Waals surface area contributed by atoms with E-state index in [0.29, 0.717) is 43.9 Å². The van der Waals surface area contributed by atoms with Crippen molar-refractivity contribution in [1.29, 1.82) is 0 Å². The minimum absolute atomic E-state index is 0.0341. The highest BCUT2D eigenvalue weighted by Gasteiger charge is 2.54. The first kappa shape index (κ1) is 23.7. The molecular weight excluding hydrogens is 469 g/mol. The summed E-state index contributed by atoms with van der Waals surface area (Å²) in [6.45, 7) is 3.31. The molecule has 2 heterocycles.